The zero-order valence-corrected chi connectivity index (χ0v) is 11.7. The Bertz CT molecular complexity index is 104. The quantitative estimate of drug-likeness (QED) is 0.703. The Hall–Kier alpha value is -0.570. The second kappa shape index (κ2) is 23.9. The van der Waals surface area contributed by atoms with E-state index in [-0.39, 0.29) is 0 Å². The molecule has 0 radical (unpaired) electrons. The number of aliphatic carboxylic acids is 1. The molecule has 0 rings (SSSR count). The summed E-state index contributed by atoms with van der Waals surface area (Å²) in [5.41, 5.74) is 0. The van der Waals surface area contributed by atoms with Crippen molar-refractivity contribution in [3.05, 3.63) is 0 Å². The minimum absolute atomic E-state index is 0.833. The molecule has 3 heteroatoms. The summed E-state index contributed by atoms with van der Waals surface area (Å²) in [4.78, 5) is 9.00. The van der Waals surface area contributed by atoms with E-state index in [1.54, 1.807) is 0 Å². The van der Waals surface area contributed by atoms with Crippen molar-refractivity contribution in [2.45, 2.75) is 66.7 Å². The van der Waals surface area contributed by atoms with E-state index in [2.05, 4.69) is 13.8 Å². The van der Waals surface area contributed by atoms with Gasteiger partial charge in [0.15, 0.2) is 0 Å². The van der Waals surface area contributed by atoms with Gasteiger partial charge in [0.2, 0.25) is 0 Å². The van der Waals surface area contributed by atoms with Crippen LogP contribution in [0.1, 0.15) is 66.7 Å². The number of hydrogen-bond donors (Lipinski definition) is 1. The standard InChI is InChI=1S/C7H16.C4H10O.C2H4O2/c1-3-5-7-6-4-2;1-3-5-4-2;1-2(3)4/h3-7H2,1-2H3;3-4H2,1-2H3;1H3,(H,3,4). The van der Waals surface area contributed by atoms with Crippen LogP contribution in [0.15, 0.2) is 0 Å². The molecule has 0 aromatic carbocycles. The highest BCUT2D eigenvalue weighted by molar-refractivity contribution is 5.62. The largest absolute Gasteiger partial charge is 0.481 e. The van der Waals surface area contributed by atoms with Crippen LogP contribution >= 0.6 is 0 Å². The average molecular weight is 234 g/mol. The van der Waals surface area contributed by atoms with Crippen LogP contribution in [-0.4, -0.2) is 24.3 Å². The second-order valence-corrected chi connectivity index (χ2v) is 3.36. The van der Waals surface area contributed by atoms with Gasteiger partial charge in [-0.1, -0.05) is 46.0 Å². The Morgan fingerprint density at radius 3 is 1.38 bits per heavy atom. The fraction of sp³-hybridized carbons (Fsp3) is 0.923. The molecular formula is C13H30O3. The molecule has 0 heterocycles. The molecule has 0 aliphatic rings. The molecule has 0 aliphatic carbocycles. The molecule has 0 aromatic rings. The molecule has 100 valence electrons. The lowest BCUT2D eigenvalue weighted by atomic mass is 10.2. The third-order valence-corrected chi connectivity index (χ3v) is 1.62. The molecule has 0 saturated heterocycles. The van der Waals surface area contributed by atoms with E-state index in [1.165, 1.54) is 32.1 Å². The summed E-state index contributed by atoms with van der Waals surface area (Å²) < 4.78 is 4.83. The van der Waals surface area contributed by atoms with E-state index < -0.39 is 5.97 Å². The summed E-state index contributed by atoms with van der Waals surface area (Å²) in [6.07, 6.45) is 7.01. The van der Waals surface area contributed by atoms with Crippen molar-refractivity contribution in [2.24, 2.45) is 0 Å². The molecular weight excluding hydrogens is 204 g/mol. The summed E-state index contributed by atoms with van der Waals surface area (Å²) in [6, 6.07) is 0. The van der Waals surface area contributed by atoms with Crippen molar-refractivity contribution in [3.63, 3.8) is 0 Å². The normalized spacial score (nSPS) is 8.31. The molecule has 0 atom stereocenters. The van der Waals surface area contributed by atoms with E-state index in [1.807, 2.05) is 13.8 Å². The van der Waals surface area contributed by atoms with Crippen LogP contribution in [0, 0.1) is 0 Å². The van der Waals surface area contributed by atoms with E-state index in [9.17, 15) is 0 Å². The minimum Gasteiger partial charge on any atom is -0.481 e. The van der Waals surface area contributed by atoms with Gasteiger partial charge in [0.1, 0.15) is 0 Å². The fourth-order valence-corrected chi connectivity index (χ4v) is 0.881. The molecule has 0 amide bonds. The minimum atomic E-state index is -0.833. The molecule has 1 N–H and O–H groups in total. The Morgan fingerprint density at radius 1 is 0.938 bits per heavy atom. The maximum absolute atomic E-state index is 9.00. The summed E-state index contributed by atoms with van der Waals surface area (Å²) in [6.45, 7) is 11.2. The van der Waals surface area contributed by atoms with Crippen molar-refractivity contribution in [1.29, 1.82) is 0 Å². The van der Waals surface area contributed by atoms with Crippen LogP contribution in [0.2, 0.25) is 0 Å². The van der Waals surface area contributed by atoms with Crippen molar-refractivity contribution < 1.29 is 14.6 Å². The molecule has 0 saturated carbocycles. The molecule has 16 heavy (non-hydrogen) atoms. The van der Waals surface area contributed by atoms with Crippen LogP contribution in [0.25, 0.3) is 0 Å². The number of carboxylic acids is 1. The van der Waals surface area contributed by atoms with Crippen LogP contribution in [0.5, 0.6) is 0 Å². The predicted octanol–water partition coefficient (Wildman–Crippen LogP) is 4.11. The molecule has 0 bridgehead atoms. The van der Waals surface area contributed by atoms with E-state index >= 15 is 0 Å². The van der Waals surface area contributed by atoms with Gasteiger partial charge in [-0.05, 0) is 13.8 Å². The fourth-order valence-electron chi connectivity index (χ4n) is 0.881. The highest BCUT2D eigenvalue weighted by Gasteiger charge is 1.80. The number of rotatable bonds is 6. The Balaban J connectivity index is -0.000000166. The lowest BCUT2D eigenvalue weighted by molar-refractivity contribution is -0.134. The second-order valence-electron chi connectivity index (χ2n) is 3.36. The first-order valence-corrected chi connectivity index (χ1v) is 6.33. The van der Waals surface area contributed by atoms with Gasteiger partial charge < -0.3 is 9.84 Å². The van der Waals surface area contributed by atoms with Gasteiger partial charge in [-0.15, -0.1) is 0 Å². The van der Waals surface area contributed by atoms with E-state index in [0.29, 0.717) is 0 Å². The topological polar surface area (TPSA) is 46.5 Å². The highest BCUT2D eigenvalue weighted by atomic mass is 16.5. The smallest absolute Gasteiger partial charge is 0.300 e. The van der Waals surface area contributed by atoms with Gasteiger partial charge in [0.25, 0.3) is 5.97 Å². The summed E-state index contributed by atoms with van der Waals surface area (Å²) in [7, 11) is 0. The van der Waals surface area contributed by atoms with Crippen molar-refractivity contribution >= 4 is 5.97 Å². The van der Waals surface area contributed by atoms with Crippen LogP contribution in [0.3, 0.4) is 0 Å². The van der Waals surface area contributed by atoms with Gasteiger partial charge in [0, 0.05) is 20.1 Å². The Labute approximate surface area is 101 Å². The summed E-state index contributed by atoms with van der Waals surface area (Å²) in [5.74, 6) is -0.833. The van der Waals surface area contributed by atoms with E-state index in [4.69, 9.17) is 14.6 Å². The van der Waals surface area contributed by atoms with Crippen molar-refractivity contribution in [2.75, 3.05) is 13.2 Å². The molecule has 0 fully saturated rings. The monoisotopic (exact) mass is 234 g/mol. The average Bonchev–Trinajstić information content (AvgIpc) is 2.20. The first-order valence-electron chi connectivity index (χ1n) is 6.33. The van der Waals surface area contributed by atoms with Crippen molar-refractivity contribution in [3.8, 4) is 0 Å². The zero-order chi connectivity index (χ0) is 13.2. The predicted molar refractivity (Wildman–Crippen MR) is 69.9 cm³/mol. The van der Waals surface area contributed by atoms with Crippen LogP contribution < -0.4 is 0 Å². The third kappa shape index (κ3) is 70.4. The molecule has 0 aliphatic heterocycles. The third-order valence-electron chi connectivity index (χ3n) is 1.62. The Kier molecular flexibility index (Phi) is 31.1. The summed E-state index contributed by atoms with van der Waals surface area (Å²) >= 11 is 0. The number of unbranched alkanes of at least 4 members (excludes halogenated alkanes) is 4. The van der Waals surface area contributed by atoms with Crippen LogP contribution in [-0.2, 0) is 9.53 Å². The number of carbonyl (C=O) groups is 1. The lowest BCUT2D eigenvalue weighted by Gasteiger charge is -1.90. The molecule has 0 aromatic heterocycles. The first kappa shape index (κ1) is 20.8. The highest BCUT2D eigenvalue weighted by Crippen LogP contribution is 2.00. The molecule has 0 unspecified atom stereocenters. The summed E-state index contributed by atoms with van der Waals surface area (Å²) in [5, 5.41) is 7.42. The van der Waals surface area contributed by atoms with Gasteiger partial charge in [-0.25, -0.2) is 0 Å². The maximum atomic E-state index is 9.00. The number of carboxylic acid groups (broad SMARTS) is 1. The van der Waals surface area contributed by atoms with Crippen LogP contribution in [0.4, 0.5) is 0 Å². The SMILES string of the molecule is CC(=O)O.CCCCCCC.CCOCC. The van der Waals surface area contributed by atoms with Gasteiger partial charge >= 0.3 is 0 Å². The zero-order valence-electron chi connectivity index (χ0n) is 11.7. The number of ether oxygens (including phenoxy) is 1. The van der Waals surface area contributed by atoms with E-state index in [0.717, 1.165) is 20.1 Å². The first-order chi connectivity index (χ1) is 7.56. The van der Waals surface area contributed by atoms with Gasteiger partial charge in [-0.3, -0.25) is 4.79 Å². The Morgan fingerprint density at radius 2 is 1.25 bits per heavy atom. The van der Waals surface area contributed by atoms with Gasteiger partial charge in [-0.2, -0.15) is 0 Å². The van der Waals surface area contributed by atoms with Gasteiger partial charge in [0.05, 0.1) is 0 Å². The maximum Gasteiger partial charge on any atom is 0.300 e. The molecule has 3 nitrogen and oxygen atoms in total. The molecule has 0 spiro atoms. The van der Waals surface area contributed by atoms with Crippen molar-refractivity contribution in [1.82, 2.24) is 0 Å². The number of hydrogen-bond acceptors (Lipinski definition) is 2. The lowest BCUT2D eigenvalue weighted by Crippen LogP contribution is -1.84.